The van der Waals surface area contributed by atoms with E-state index < -0.39 is 10.0 Å². The van der Waals surface area contributed by atoms with Gasteiger partial charge in [0.2, 0.25) is 15.9 Å². The van der Waals surface area contributed by atoms with Crippen LogP contribution in [0.1, 0.15) is 49.4 Å². The molecule has 7 nitrogen and oxygen atoms in total. The Kier molecular flexibility index (Phi) is 9.50. The molecule has 0 heterocycles. The predicted octanol–water partition coefficient (Wildman–Crippen LogP) is 3.30. The Balaban J connectivity index is 1.76. The summed E-state index contributed by atoms with van der Waals surface area (Å²) in [6.45, 7) is 2.72. The Morgan fingerprint density at radius 2 is 1.57 bits per heavy atom. The van der Waals surface area contributed by atoms with Gasteiger partial charge in [-0.25, -0.2) is 13.1 Å². The molecule has 30 heavy (non-hydrogen) atoms. The Labute approximate surface area is 178 Å². The van der Waals surface area contributed by atoms with Gasteiger partial charge in [-0.3, -0.25) is 9.59 Å². The molecule has 0 fully saturated rings. The van der Waals surface area contributed by atoms with Crippen LogP contribution in [0.25, 0.3) is 0 Å². The number of unbranched alkanes of at least 4 members (excludes halogenated alkanes) is 3. The highest BCUT2D eigenvalue weighted by molar-refractivity contribution is 7.89. The van der Waals surface area contributed by atoms with Crippen molar-refractivity contribution in [1.82, 2.24) is 10.0 Å². The number of sulfonamides is 1. The molecule has 2 aromatic carbocycles. The van der Waals surface area contributed by atoms with E-state index in [4.69, 9.17) is 0 Å². The molecule has 2 amide bonds. The molecule has 0 spiro atoms. The first-order valence-electron chi connectivity index (χ1n) is 10.1. The minimum Gasteiger partial charge on any atom is -0.352 e. The molecule has 2 rings (SSSR count). The van der Waals surface area contributed by atoms with E-state index >= 15 is 0 Å². The fourth-order valence-corrected chi connectivity index (χ4v) is 3.84. The second-order valence-electron chi connectivity index (χ2n) is 6.90. The molecule has 0 aliphatic rings. The van der Waals surface area contributed by atoms with Gasteiger partial charge in [0.25, 0.3) is 5.91 Å². The van der Waals surface area contributed by atoms with Crippen molar-refractivity contribution >= 4 is 27.5 Å². The number of rotatable bonds is 12. The van der Waals surface area contributed by atoms with E-state index in [1.807, 2.05) is 6.07 Å². The lowest BCUT2D eigenvalue weighted by atomic mass is 10.2. The van der Waals surface area contributed by atoms with Gasteiger partial charge in [0.1, 0.15) is 0 Å². The maximum absolute atomic E-state index is 12.3. The van der Waals surface area contributed by atoms with E-state index in [0.717, 1.165) is 25.7 Å². The van der Waals surface area contributed by atoms with E-state index in [0.29, 0.717) is 17.8 Å². The summed E-state index contributed by atoms with van der Waals surface area (Å²) >= 11 is 0. The summed E-state index contributed by atoms with van der Waals surface area (Å²) in [6.07, 6.45) is 4.10. The van der Waals surface area contributed by atoms with Crippen LogP contribution in [0.15, 0.2) is 59.5 Å². The minimum atomic E-state index is -3.55. The summed E-state index contributed by atoms with van der Waals surface area (Å²) < 4.78 is 27.2. The van der Waals surface area contributed by atoms with Gasteiger partial charge in [-0.15, -0.1) is 0 Å². The molecule has 2 aromatic rings. The Morgan fingerprint density at radius 1 is 0.867 bits per heavy atom. The average Bonchev–Trinajstić information content (AvgIpc) is 2.74. The molecule has 0 unspecified atom stereocenters. The van der Waals surface area contributed by atoms with Crippen LogP contribution < -0.4 is 15.4 Å². The molecule has 0 bridgehead atoms. The molecular weight excluding hydrogens is 402 g/mol. The average molecular weight is 432 g/mol. The second kappa shape index (κ2) is 12.1. The topological polar surface area (TPSA) is 104 Å². The fraction of sp³-hybridized carbons (Fsp3) is 0.364. The summed E-state index contributed by atoms with van der Waals surface area (Å²) in [5, 5.41) is 5.38. The van der Waals surface area contributed by atoms with Crippen LogP contribution in [0.4, 0.5) is 5.69 Å². The highest BCUT2D eigenvalue weighted by atomic mass is 32.2. The van der Waals surface area contributed by atoms with Crippen LogP contribution in [0.5, 0.6) is 0 Å². The number of benzene rings is 2. The summed E-state index contributed by atoms with van der Waals surface area (Å²) in [6, 6.07) is 14.8. The van der Waals surface area contributed by atoms with E-state index in [1.54, 1.807) is 36.4 Å². The predicted molar refractivity (Wildman–Crippen MR) is 118 cm³/mol. The van der Waals surface area contributed by atoms with Crippen molar-refractivity contribution in [3.05, 3.63) is 60.2 Å². The number of carbonyl (C=O) groups excluding carboxylic acids is 2. The summed E-state index contributed by atoms with van der Waals surface area (Å²) in [4.78, 5) is 24.1. The van der Waals surface area contributed by atoms with Gasteiger partial charge in [0.15, 0.2) is 0 Å². The molecular formula is C22H29N3O4S. The van der Waals surface area contributed by atoms with Gasteiger partial charge in [0, 0.05) is 30.8 Å². The van der Waals surface area contributed by atoms with Crippen LogP contribution >= 0.6 is 0 Å². The zero-order valence-corrected chi connectivity index (χ0v) is 18.0. The Morgan fingerprint density at radius 3 is 2.23 bits per heavy atom. The van der Waals surface area contributed by atoms with Crippen molar-refractivity contribution in [2.24, 2.45) is 0 Å². The maximum atomic E-state index is 12.3. The molecule has 0 saturated carbocycles. The lowest BCUT2D eigenvalue weighted by Gasteiger charge is -2.09. The zero-order valence-electron chi connectivity index (χ0n) is 17.2. The van der Waals surface area contributed by atoms with Crippen molar-refractivity contribution in [3.63, 3.8) is 0 Å². The third-order valence-electron chi connectivity index (χ3n) is 4.44. The third kappa shape index (κ3) is 7.96. The molecule has 0 radical (unpaired) electrons. The molecule has 0 saturated heterocycles. The molecule has 0 aliphatic carbocycles. The SMILES string of the molecule is CCCCCCNS(=O)(=O)c1ccc(NC(=O)CCNC(=O)c2ccccc2)cc1. The highest BCUT2D eigenvalue weighted by Crippen LogP contribution is 2.14. The number of anilines is 1. The third-order valence-corrected chi connectivity index (χ3v) is 5.92. The minimum absolute atomic E-state index is 0.109. The highest BCUT2D eigenvalue weighted by Gasteiger charge is 2.13. The number of carbonyl (C=O) groups is 2. The Hall–Kier alpha value is -2.71. The first-order chi connectivity index (χ1) is 14.4. The first-order valence-corrected chi connectivity index (χ1v) is 11.6. The van der Waals surface area contributed by atoms with E-state index in [2.05, 4.69) is 22.3 Å². The molecule has 162 valence electrons. The van der Waals surface area contributed by atoms with Gasteiger partial charge in [0.05, 0.1) is 4.90 Å². The number of hydrogen-bond donors (Lipinski definition) is 3. The van der Waals surface area contributed by atoms with Gasteiger partial charge >= 0.3 is 0 Å². The van der Waals surface area contributed by atoms with E-state index in [-0.39, 0.29) is 29.7 Å². The van der Waals surface area contributed by atoms with Gasteiger partial charge in [-0.1, -0.05) is 44.4 Å². The number of amides is 2. The van der Waals surface area contributed by atoms with Gasteiger partial charge in [-0.2, -0.15) is 0 Å². The normalized spacial score (nSPS) is 11.1. The van der Waals surface area contributed by atoms with Crippen LogP contribution in [0.3, 0.4) is 0 Å². The van der Waals surface area contributed by atoms with Crippen LogP contribution in [-0.2, 0) is 14.8 Å². The lowest BCUT2D eigenvalue weighted by molar-refractivity contribution is -0.116. The molecule has 0 aromatic heterocycles. The fourth-order valence-electron chi connectivity index (χ4n) is 2.76. The summed E-state index contributed by atoms with van der Waals surface area (Å²) in [7, 11) is -3.55. The quantitative estimate of drug-likeness (QED) is 0.449. The van der Waals surface area contributed by atoms with E-state index in [1.165, 1.54) is 12.1 Å². The van der Waals surface area contributed by atoms with Crippen LogP contribution in [0, 0.1) is 0 Å². The smallest absolute Gasteiger partial charge is 0.251 e. The summed E-state index contributed by atoms with van der Waals surface area (Å²) in [5.74, 6) is -0.506. The van der Waals surface area contributed by atoms with Crippen LogP contribution in [-0.4, -0.2) is 33.3 Å². The standard InChI is InChI=1S/C22H29N3O4S/c1-2-3-4-8-16-24-30(28,29)20-13-11-19(12-14-20)25-21(26)15-17-23-22(27)18-9-6-5-7-10-18/h5-7,9-14,24H,2-4,8,15-17H2,1H3,(H,23,27)(H,25,26). The lowest BCUT2D eigenvalue weighted by Crippen LogP contribution is -2.27. The van der Waals surface area contributed by atoms with E-state index in [9.17, 15) is 18.0 Å². The Bertz CT molecular complexity index is 913. The zero-order chi connectivity index (χ0) is 21.8. The monoisotopic (exact) mass is 431 g/mol. The van der Waals surface area contributed by atoms with Crippen molar-refractivity contribution in [1.29, 1.82) is 0 Å². The number of nitrogens with one attached hydrogen (secondary N) is 3. The largest absolute Gasteiger partial charge is 0.352 e. The summed E-state index contributed by atoms with van der Waals surface area (Å²) in [5.41, 5.74) is 1.03. The molecule has 0 aliphatic heterocycles. The first kappa shape index (κ1) is 23.6. The molecule has 8 heteroatoms. The second-order valence-corrected chi connectivity index (χ2v) is 8.67. The van der Waals surface area contributed by atoms with Gasteiger partial charge < -0.3 is 10.6 Å². The van der Waals surface area contributed by atoms with Crippen molar-refractivity contribution in [2.45, 2.75) is 43.9 Å². The molecule has 3 N–H and O–H groups in total. The van der Waals surface area contributed by atoms with Crippen LogP contribution in [0.2, 0.25) is 0 Å². The van der Waals surface area contributed by atoms with Crippen molar-refractivity contribution in [3.8, 4) is 0 Å². The van der Waals surface area contributed by atoms with Crippen molar-refractivity contribution < 1.29 is 18.0 Å². The molecule has 0 atom stereocenters. The maximum Gasteiger partial charge on any atom is 0.251 e. The number of hydrogen-bond acceptors (Lipinski definition) is 4. The van der Waals surface area contributed by atoms with Crippen molar-refractivity contribution in [2.75, 3.05) is 18.4 Å². The van der Waals surface area contributed by atoms with Gasteiger partial charge in [-0.05, 0) is 42.8 Å².